The van der Waals surface area contributed by atoms with Gasteiger partial charge in [0.25, 0.3) is 0 Å². The minimum absolute atomic E-state index is 1.04. The van der Waals surface area contributed by atoms with Crippen LogP contribution in [0.4, 0.5) is 0 Å². The minimum atomic E-state index is 1.04. The van der Waals surface area contributed by atoms with Crippen molar-refractivity contribution in [2.24, 2.45) is 4.99 Å². The number of allylic oxidation sites excluding steroid dienone is 2. The monoisotopic (exact) mass is 151 g/mol. The van der Waals surface area contributed by atoms with Crippen molar-refractivity contribution in [3.05, 3.63) is 35.9 Å². The van der Waals surface area contributed by atoms with Gasteiger partial charge >= 0.3 is 0 Å². The average molecular weight is 151 g/mol. The molecule has 0 fully saturated rings. The van der Waals surface area contributed by atoms with E-state index in [1.165, 1.54) is 5.57 Å². The Labute approximate surface area is 65.2 Å². The molecule has 0 amide bonds. The van der Waals surface area contributed by atoms with Crippen LogP contribution in [-0.2, 0) is 0 Å². The fourth-order valence-corrected chi connectivity index (χ4v) is 1.52. The highest BCUT2D eigenvalue weighted by Crippen LogP contribution is 2.23. The molecule has 1 heterocycles. The second-order valence-corrected chi connectivity index (χ2v) is 2.68. The number of rotatable bonds is 1. The average Bonchev–Trinajstić information content (AvgIpc) is 2.36. The third-order valence-electron chi connectivity index (χ3n) is 1.19. The van der Waals surface area contributed by atoms with E-state index in [4.69, 9.17) is 0 Å². The minimum Gasteiger partial charge on any atom is -0.250 e. The molecular weight excluding hydrogens is 142 g/mol. The summed E-state index contributed by atoms with van der Waals surface area (Å²) in [6.07, 6.45) is 5.66. The molecule has 1 aliphatic rings. The van der Waals surface area contributed by atoms with E-state index in [0.717, 1.165) is 5.04 Å². The fraction of sp³-hybridized carbons (Fsp3) is 0.125. The van der Waals surface area contributed by atoms with Gasteiger partial charge in [0, 0.05) is 11.8 Å². The van der Waals surface area contributed by atoms with E-state index in [1.54, 1.807) is 18.0 Å². The smallest absolute Gasteiger partial charge is 0.107 e. The van der Waals surface area contributed by atoms with Crippen molar-refractivity contribution in [2.45, 2.75) is 6.92 Å². The Balaban J connectivity index is 2.84. The van der Waals surface area contributed by atoms with Gasteiger partial charge in [0.2, 0.25) is 0 Å². The van der Waals surface area contributed by atoms with Crippen LogP contribution in [-0.4, -0.2) is 5.04 Å². The Morgan fingerprint density at radius 2 is 2.50 bits per heavy atom. The largest absolute Gasteiger partial charge is 0.250 e. The standard InChI is InChI=1S/C8H9NS/c1-3-7-5-6-10-8(7)9-4-2/h3-6H,2H2,1H3/b7-3-,9-8+. The Morgan fingerprint density at radius 1 is 1.70 bits per heavy atom. The van der Waals surface area contributed by atoms with Crippen LogP contribution in [0.1, 0.15) is 6.92 Å². The van der Waals surface area contributed by atoms with Gasteiger partial charge in [0.05, 0.1) is 0 Å². The van der Waals surface area contributed by atoms with E-state index in [0.29, 0.717) is 0 Å². The first-order chi connectivity index (χ1) is 4.88. The molecule has 52 valence electrons. The highest BCUT2D eigenvalue weighted by Gasteiger charge is 2.06. The summed E-state index contributed by atoms with van der Waals surface area (Å²) in [5.74, 6) is 0. The fourth-order valence-electron chi connectivity index (χ4n) is 0.719. The highest BCUT2D eigenvalue weighted by molar-refractivity contribution is 8.17. The highest BCUT2D eigenvalue weighted by atomic mass is 32.2. The molecular formula is C8H9NS. The summed E-state index contributed by atoms with van der Waals surface area (Å²) in [5.41, 5.74) is 1.19. The van der Waals surface area contributed by atoms with E-state index in [1.807, 2.05) is 24.5 Å². The van der Waals surface area contributed by atoms with Crippen molar-refractivity contribution < 1.29 is 0 Å². The van der Waals surface area contributed by atoms with Crippen LogP contribution >= 0.6 is 11.8 Å². The molecule has 0 atom stereocenters. The van der Waals surface area contributed by atoms with Gasteiger partial charge in [0.1, 0.15) is 5.04 Å². The Bertz CT molecular complexity index is 223. The zero-order valence-electron chi connectivity index (χ0n) is 5.87. The second-order valence-electron chi connectivity index (χ2n) is 1.78. The molecule has 0 aromatic heterocycles. The van der Waals surface area contributed by atoms with E-state index >= 15 is 0 Å². The van der Waals surface area contributed by atoms with E-state index in [9.17, 15) is 0 Å². The zero-order valence-corrected chi connectivity index (χ0v) is 6.69. The number of aliphatic imine (C=N–C) groups is 1. The lowest BCUT2D eigenvalue weighted by Gasteiger charge is -1.92. The van der Waals surface area contributed by atoms with Crippen molar-refractivity contribution in [3.63, 3.8) is 0 Å². The summed E-state index contributed by atoms with van der Waals surface area (Å²) in [6, 6.07) is 0. The molecule has 0 unspecified atom stereocenters. The molecule has 0 N–H and O–H groups in total. The maximum atomic E-state index is 4.09. The van der Waals surface area contributed by atoms with Gasteiger partial charge in [-0.2, -0.15) is 0 Å². The Hall–Kier alpha value is -0.760. The molecule has 1 nitrogen and oxygen atoms in total. The van der Waals surface area contributed by atoms with Gasteiger partial charge in [-0.3, -0.25) is 0 Å². The van der Waals surface area contributed by atoms with Crippen LogP contribution in [0.5, 0.6) is 0 Å². The number of hydrogen-bond donors (Lipinski definition) is 0. The second kappa shape index (κ2) is 3.42. The molecule has 0 aromatic carbocycles. The van der Waals surface area contributed by atoms with Crippen molar-refractivity contribution in [3.8, 4) is 0 Å². The summed E-state index contributed by atoms with van der Waals surface area (Å²) >= 11 is 1.63. The number of thioether (sulfide) groups is 1. The first kappa shape index (κ1) is 7.35. The number of hydrogen-bond acceptors (Lipinski definition) is 2. The third kappa shape index (κ3) is 1.39. The SMILES string of the molecule is C=C/N=C1/SC=C/C1=C/C. The van der Waals surface area contributed by atoms with Crippen LogP contribution < -0.4 is 0 Å². The molecule has 2 heteroatoms. The summed E-state index contributed by atoms with van der Waals surface area (Å²) in [7, 11) is 0. The molecule has 10 heavy (non-hydrogen) atoms. The van der Waals surface area contributed by atoms with Crippen molar-refractivity contribution in [2.75, 3.05) is 0 Å². The summed E-state index contributed by atoms with van der Waals surface area (Å²) < 4.78 is 0. The van der Waals surface area contributed by atoms with Crippen LogP contribution in [0.15, 0.2) is 40.9 Å². The maximum absolute atomic E-state index is 4.09. The molecule has 0 bridgehead atoms. The Morgan fingerprint density at radius 3 is 3.10 bits per heavy atom. The van der Waals surface area contributed by atoms with Crippen LogP contribution in [0.3, 0.4) is 0 Å². The van der Waals surface area contributed by atoms with Crippen molar-refractivity contribution in [1.29, 1.82) is 0 Å². The normalized spacial score (nSPS) is 24.5. The van der Waals surface area contributed by atoms with E-state index in [-0.39, 0.29) is 0 Å². The predicted octanol–water partition coefficient (Wildman–Crippen LogP) is 2.74. The van der Waals surface area contributed by atoms with Crippen molar-refractivity contribution >= 4 is 16.8 Å². The van der Waals surface area contributed by atoms with Gasteiger partial charge in [-0.15, -0.1) is 0 Å². The molecule has 0 aliphatic carbocycles. The molecule has 0 saturated heterocycles. The lowest BCUT2D eigenvalue weighted by atomic mass is 10.3. The molecule has 0 radical (unpaired) electrons. The summed E-state index contributed by atoms with van der Waals surface area (Å²) in [6.45, 7) is 5.54. The third-order valence-corrected chi connectivity index (χ3v) is 2.03. The molecule has 1 aliphatic heterocycles. The van der Waals surface area contributed by atoms with Crippen LogP contribution in [0.25, 0.3) is 0 Å². The van der Waals surface area contributed by atoms with Gasteiger partial charge < -0.3 is 0 Å². The molecule has 0 aromatic rings. The van der Waals surface area contributed by atoms with Gasteiger partial charge in [-0.05, 0) is 18.4 Å². The lowest BCUT2D eigenvalue weighted by molar-refractivity contribution is 1.58. The first-order valence-electron chi connectivity index (χ1n) is 3.07. The predicted molar refractivity (Wildman–Crippen MR) is 48.1 cm³/mol. The topological polar surface area (TPSA) is 12.4 Å². The van der Waals surface area contributed by atoms with E-state index < -0.39 is 0 Å². The maximum Gasteiger partial charge on any atom is 0.107 e. The molecule has 0 saturated carbocycles. The van der Waals surface area contributed by atoms with Crippen LogP contribution in [0, 0.1) is 0 Å². The molecule has 1 rings (SSSR count). The first-order valence-corrected chi connectivity index (χ1v) is 3.95. The summed E-state index contributed by atoms with van der Waals surface area (Å²) in [4.78, 5) is 4.09. The Kier molecular flexibility index (Phi) is 2.51. The van der Waals surface area contributed by atoms with Gasteiger partial charge in [-0.25, -0.2) is 4.99 Å². The van der Waals surface area contributed by atoms with Gasteiger partial charge in [-0.1, -0.05) is 24.4 Å². The lowest BCUT2D eigenvalue weighted by Crippen LogP contribution is -1.86. The quantitative estimate of drug-likeness (QED) is 0.561. The number of nitrogens with zero attached hydrogens (tertiary/aromatic N) is 1. The van der Waals surface area contributed by atoms with E-state index in [2.05, 4.69) is 11.6 Å². The van der Waals surface area contributed by atoms with Crippen LogP contribution in [0.2, 0.25) is 0 Å². The van der Waals surface area contributed by atoms with Crippen molar-refractivity contribution in [1.82, 2.24) is 0 Å². The zero-order chi connectivity index (χ0) is 7.40. The molecule has 0 spiro atoms. The summed E-state index contributed by atoms with van der Waals surface area (Å²) in [5, 5.41) is 3.06. The van der Waals surface area contributed by atoms with Gasteiger partial charge in [0.15, 0.2) is 0 Å².